The van der Waals surface area contributed by atoms with Crippen LogP contribution in [0.15, 0.2) is 45.7 Å². The lowest BCUT2D eigenvalue weighted by atomic mass is 10.1. The van der Waals surface area contributed by atoms with Gasteiger partial charge in [0.2, 0.25) is 0 Å². The summed E-state index contributed by atoms with van der Waals surface area (Å²) < 4.78 is 12.3. The van der Waals surface area contributed by atoms with Gasteiger partial charge in [-0.3, -0.25) is 9.48 Å². The average molecular weight is 327 g/mol. The molecule has 2 aromatic heterocycles. The smallest absolute Gasteiger partial charge is 0.337 e. The van der Waals surface area contributed by atoms with Gasteiger partial charge in [-0.05, 0) is 26.0 Å². The van der Waals surface area contributed by atoms with E-state index in [-0.39, 0.29) is 5.56 Å². The van der Waals surface area contributed by atoms with Crippen LogP contribution in [0, 0.1) is 0 Å². The molecule has 7 heteroatoms. The van der Waals surface area contributed by atoms with Crippen LogP contribution in [0.3, 0.4) is 0 Å². The lowest BCUT2D eigenvalue weighted by Crippen LogP contribution is -2.15. The highest BCUT2D eigenvalue weighted by Crippen LogP contribution is 2.23. The molecule has 0 saturated heterocycles. The Morgan fingerprint density at radius 3 is 2.83 bits per heavy atom. The minimum absolute atomic E-state index is 0.232. The van der Waals surface area contributed by atoms with E-state index in [1.165, 1.54) is 6.07 Å². The van der Waals surface area contributed by atoms with E-state index in [9.17, 15) is 9.59 Å². The Kier molecular flexibility index (Phi) is 4.33. The Hall–Kier alpha value is -3.09. The molecular formula is C17H17N3O4. The predicted molar refractivity (Wildman–Crippen MR) is 89.5 cm³/mol. The number of hydrogen-bond donors (Lipinski definition) is 1. The van der Waals surface area contributed by atoms with Gasteiger partial charge in [-0.15, -0.1) is 0 Å². The maximum atomic E-state index is 12.5. The fraction of sp³-hybridized carbons (Fsp3) is 0.235. The number of benzene rings is 1. The van der Waals surface area contributed by atoms with Crippen molar-refractivity contribution in [2.24, 2.45) is 0 Å². The molecule has 0 atom stereocenters. The molecule has 0 fully saturated rings. The molecule has 124 valence electrons. The van der Waals surface area contributed by atoms with Crippen LogP contribution < -0.4 is 15.7 Å². The van der Waals surface area contributed by atoms with Gasteiger partial charge in [-0.2, -0.15) is 5.10 Å². The van der Waals surface area contributed by atoms with E-state index >= 15 is 0 Å². The highest BCUT2D eigenvalue weighted by atomic mass is 16.5. The van der Waals surface area contributed by atoms with Gasteiger partial charge in [0.25, 0.3) is 5.91 Å². The second-order valence-corrected chi connectivity index (χ2v) is 5.08. The molecule has 1 aromatic carbocycles. The quantitative estimate of drug-likeness (QED) is 0.728. The van der Waals surface area contributed by atoms with Crippen molar-refractivity contribution >= 4 is 22.7 Å². The number of carbonyl (C=O) groups is 1. The summed E-state index contributed by atoms with van der Waals surface area (Å²) >= 11 is 0. The van der Waals surface area contributed by atoms with Crippen LogP contribution in [0.1, 0.15) is 24.2 Å². The first-order valence-corrected chi connectivity index (χ1v) is 7.66. The van der Waals surface area contributed by atoms with Gasteiger partial charge in [-0.1, -0.05) is 0 Å². The molecule has 0 unspecified atom stereocenters. The number of anilines is 1. The standard InChI is InChI=1S/C17H17N3O4/c1-3-20-8-7-15(19-20)18-17(22)13-10-16(21)24-14-9-11(23-4-2)5-6-12(13)14/h5-10H,3-4H2,1-2H3,(H,18,19,22). The number of amides is 1. The SMILES string of the molecule is CCOc1ccc2c(C(=O)Nc3ccn(CC)n3)cc(=O)oc2c1. The van der Waals surface area contributed by atoms with Crippen molar-refractivity contribution in [2.45, 2.75) is 20.4 Å². The summed E-state index contributed by atoms with van der Waals surface area (Å²) in [6, 6.07) is 7.90. The number of rotatable bonds is 5. The van der Waals surface area contributed by atoms with Crippen LogP contribution in [0.25, 0.3) is 11.0 Å². The molecule has 0 bridgehead atoms. The van der Waals surface area contributed by atoms with Crippen LogP contribution >= 0.6 is 0 Å². The Balaban J connectivity index is 1.98. The highest BCUT2D eigenvalue weighted by Gasteiger charge is 2.15. The number of hydrogen-bond acceptors (Lipinski definition) is 5. The van der Waals surface area contributed by atoms with Crippen molar-refractivity contribution in [3.05, 3.63) is 52.5 Å². The maximum Gasteiger partial charge on any atom is 0.337 e. The second kappa shape index (κ2) is 6.57. The average Bonchev–Trinajstić information content (AvgIpc) is 3.01. The number of aryl methyl sites for hydroxylation is 1. The van der Waals surface area contributed by atoms with Crippen molar-refractivity contribution in [3.63, 3.8) is 0 Å². The Morgan fingerprint density at radius 2 is 2.12 bits per heavy atom. The van der Waals surface area contributed by atoms with Crippen LogP contribution in [0.2, 0.25) is 0 Å². The number of fused-ring (bicyclic) bond motifs is 1. The molecule has 0 aliphatic carbocycles. The molecule has 0 aliphatic rings. The molecule has 1 amide bonds. The minimum Gasteiger partial charge on any atom is -0.494 e. The molecule has 0 saturated carbocycles. The Labute approximate surface area is 137 Å². The molecule has 7 nitrogen and oxygen atoms in total. The Morgan fingerprint density at radius 1 is 1.29 bits per heavy atom. The summed E-state index contributed by atoms with van der Waals surface area (Å²) in [7, 11) is 0. The number of nitrogens with zero attached hydrogens (tertiary/aromatic N) is 2. The van der Waals surface area contributed by atoms with Crippen molar-refractivity contribution in [2.75, 3.05) is 11.9 Å². The van der Waals surface area contributed by atoms with E-state index < -0.39 is 11.5 Å². The van der Waals surface area contributed by atoms with Gasteiger partial charge < -0.3 is 14.5 Å². The minimum atomic E-state index is -0.597. The third kappa shape index (κ3) is 3.15. The number of ether oxygens (including phenoxy) is 1. The van der Waals surface area contributed by atoms with Gasteiger partial charge in [0, 0.05) is 36.3 Å². The normalized spacial score (nSPS) is 10.8. The molecule has 3 aromatic rings. The zero-order valence-electron chi connectivity index (χ0n) is 13.4. The van der Waals surface area contributed by atoms with Gasteiger partial charge in [-0.25, -0.2) is 4.79 Å². The summed E-state index contributed by atoms with van der Waals surface area (Å²) in [4.78, 5) is 24.3. The first kappa shape index (κ1) is 15.8. The molecule has 1 N–H and O–H groups in total. The molecule has 2 heterocycles. The third-order valence-electron chi connectivity index (χ3n) is 3.48. The van der Waals surface area contributed by atoms with Gasteiger partial charge >= 0.3 is 5.63 Å². The van der Waals surface area contributed by atoms with Crippen molar-refractivity contribution < 1.29 is 13.9 Å². The summed E-state index contributed by atoms with van der Waals surface area (Å²) in [6.07, 6.45) is 1.77. The van der Waals surface area contributed by atoms with Crippen LogP contribution in [-0.2, 0) is 6.54 Å². The number of carbonyl (C=O) groups excluding carboxylic acids is 1. The van der Waals surface area contributed by atoms with Crippen LogP contribution in [0.5, 0.6) is 5.75 Å². The van der Waals surface area contributed by atoms with E-state index in [0.29, 0.717) is 35.7 Å². The molecule has 0 aliphatic heterocycles. The van der Waals surface area contributed by atoms with Crippen molar-refractivity contribution in [1.29, 1.82) is 0 Å². The van der Waals surface area contributed by atoms with Crippen LogP contribution in [0.4, 0.5) is 5.82 Å². The monoisotopic (exact) mass is 327 g/mol. The van der Waals surface area contributed by atoms with Gasteiger partial charge in [0.1, 0.15) is 11.3 Å². The molecule has 24 heavy (non-hydrogen) atoms. The Bertz CT molecular complexity index is 942. The van der Waals surface area contributed by atoms with E-state index in [0.717, 1.165) is 0 Å². The topological polar surface area (TPSA) is 86.4 Å². The van der Waals surface area contributed by atoms with Crippen molar-refractivity contribution in [3.8, 4) is 5.75 Å². The van der Waals surface area contributed by atoms with E-state index in [4.69, 9.17) is 9.15 Å². The summed E-state index contributed by atoms with van der Waals surface area (Å²) in [6.45, 7) is 5.01. The predicted octanol–water partition coefficient (Wildman–Crippen LogP) is 2.66. The maximum absolute atomic E-state index is 12.5. The fourth-order valence-electron chi connectivity index (χ4n) is 2.38. The zero-order chi connectivity index (χ0) is 17.1. The lowest BCUT2D eigenvalue weighted by Gasteiger charge is -2.07. The highest BCUT2D eigenvalue weighted by molar-refractivity contribution is 6.11. The lowest BCUT2D eigenvalue weighted by molar-refractivity contribution is 0.102. The van der Waals surface area contributed by atoms with Crippen LogP contribution in [-0.4, -0.2) is 22.3 Å². The van der Waals surface area contributed by atoms with E-state index in [1.54, 1.807) is 35.1 Å². The van der Waals surface area contributed by atoms with E-state index in [1.807, 2.05) is 13.8 Å². The number of aromatic nitrogens is 2. The summed E-state index contributed by atoms with van der Waals surface area (Å²) in [5, 5.41) is 7.42. The molecule has 0 radical (unpaired) electrons. The summed E-state index contributed by atoms with van der Waals surface area (Å²) in [5.41, 5.74) is -0.0616. The molecule has 0 spiro atoms. The third-order valence-corrected chi connectivity index (χ3v) is 3.48. The van der Waals surface area contributed by atoms with Gasteiger partial charge in [0.15, 0.2) is 5.82 Å². The van der Waals surface area contributed by atoms with E-state index in [2.05, 4.69) is 10.4 Å². The fourth-order valence-corrected chi connectivity index (χ4v) is 2.38. The second-order valence-electron chi connectivity index (χ2n) is 5.08. The zero-order valence-corrected chi connectivity index (χ0v) is 13.4. The molecular weight excluding hydrogens is 310 g/mol. The summed E-state index contributed by atoms with van der Waals surface area (Å²) in [5.74, 6) is 0.583. The molecule has 3 rings (SSSR count). The van der Waals surface area contributed by atoms with Crippen molar-refractivity contribution in [1.82, 2.24) is 9.78 Å². The first-order chi connectivity index (χ1) is 11.6. The van der Waals surface area contributed by atoms with Gasteiger partial charge in [0.05, 0.1) is 12.2 Å². The largest absolute Gasteiger partial charge is 0.494 e. The number of nitrogens with one attached hydrogen (secondary N) is 1. The first-order valence-electron chi connectivity index (χ1n) is 7.66.